The van der Waals surface area contributed by atoms with Crippen LogP contribution in [-0.2, 0) is 9.53 Å². The third kappa shape index (κ3) is 1.92. The minimum Gasteiger partial charge on any atom is -0.469 e. The largest absolute Gasteiger partial charge is 0.469 e. The lowest BCUT2D eigenvalue weighted by molar-refractivity contribution is -0.147. The molecule has 0 aromatic heterocycles. The van der Waals surface area contributed by atoms with Crippen LogP contribution in [0.3, 0.4) is 0 Å². The molecule has 3 heteroatoms. The normalized spacial score (nSPS) is 37.4. The lowest BCUT2D eigenvalue weighted by atomic mass is 9.76. The zero-order valence-corrected chi connectivity index (χ0v) is 8.79. The molecule has 0 amide bonds. The van der Waals surface area contributed by atoms with Gasteiger partial charge in [-0.2, -0.15) is 0 Å². The van der Waals surface area contributed by atoms with Gasteiger partial charge in [-0.05, 0) is 25.2 Å². The summed E-state index contributed by atoms with van der Waals surface area (Å²) in [5.41, 5.74) is 0. The smallest absolute Gasteiger partial charge is 0.309 e. The SMILES string of the molecule is COC(=O)[C@@H]1CN[C@H]2CCCC[C@@H]2C1. The Labute approximate surface area is 85.2 Å². The van der Waals surface area contributed by atoms with Gasteiger partial charge in [0, 0.05) is 12.6 Å². The number of ether oxygens (including phenoxy) is 1. The summed E-state index contributed by atoms with van der Waals surface area (Å²) in [7, 11) is 1.48. The number of methoxy groups -OCH3 is 1. The highest BCUT2D eigenvalue weighted by Crippen LogP contribution is 2.32. The van der Waals surface area contributed by atoms with Gasteiger partial charge in [-0.3, -0.25) is 4.79 Å². The van der Waals surface area contributed by atoms with Gasteiger partial charge in [-0.1, -0.05) is 12.8 Å². The third-order valence-electron chi connectivity index (χ3n) is 3.66. The Morgan fingerprint density at radius 1 is 1.36 bits per heavy atom. The Kier molecular flexibility index (Phi) is 3.06. The van der Waals surface area contributed by atoms with Gasteiger partial charge in [-0.25, -0.2) is 0 Å². The summed E-state index contributed by atoms with van der Waals surface area (Å²) in [4.78, 5) is 11.4. The number of esters is 1. The summed E-state index contributed by atoms with van der Waals surface area (Å²) in [6.45, 7) is 0.813. The molecule has 3 nitrogen and oxygen atoms in total. The van der Waals surface area contributed by atoms with E-state index >= 15 is 0 Å². The maximum absolute atomic E-state index is 11.4. The molecule has 3 atom stereocenters. The third-order valence-corrected chi connectivity index (χ3v) is 3.66. The first-order valence-corrected chi connectivity index (χ1v) is 5.62. The minimum atomic E-state index is -0.0403. The monoisotopic (exact) mass is 197 g/mol. The number of carbonyl (C=O) groups is 1. The highest BCUT2D eigenvalue weighted by molar-refractivity contribution is 5.72. The van der Waals surface area contributed by atoms with Crippen molar-refractivity contribution in [2.45, 2.75) is 38.1 Å². The Hall–Kier alpha value is -0.570. The molecule has 0 bridgehead atoms. The van der Waals surface area contributed by atoms with Crippen LogP contribution in [0.25, 0.3) is 0 Å². The fourth-order valence-corrected chi connectivity index (χ4v) is 2.85. The molecular formula is C11H19NO2. The van der Waals surface area contributed by atoms with Crippen molar-refractivity contribution in [3.8, 4) is 0 Å². The van der Waals surface area contributed by atoms with Crippen LogP contribution in [0, 0.1) is 11.8 Å². The number of piperidine rings is 1. The van der Waals surface area contributed by atoms with Gasteiger partial charge >= 0.3 is 5.97 Å². The quantitative estimate of drug-likeness (QED) is 0.644. The van der Waals surface area contributed by atoms with Crippen LogP contribution >= 0.6 is 0 Å². The maximum Gasteiger partial charge on any atom is 0.309 e. The van der Waals surface area contributed by atoms with Gasteiger partial charge in [0.15, 0.2) is 0 Å². The number of rotatable bonds is 1. The van der Waals surface area contributed by atoms with Crippen molar-refractivity contribution >= 4 is 5.97 Å². The molecule has 1 saturated carbocycles. The second-order valence-electron chi connectivity index (χ2n) is 4.52. The minimum absolute atomic E-state index is 0.0403. The molecule has 1 heterocycles. The predicted molar refractivity (Wildman–Crippen MR) is 53.9 cm³/mol. The van der Waals surface area contributed by atoms with Crippen molar-refractivity contribution in [2.75, 3.05) is 13.7 Å². The fraction of sp³-hybridized carbons (Fsp3) is 0.909. The first-order valence-electron chi connectivity index (χ1n) is 5.62. The number of nitrogens with one attached hydrogen (secondary N) is 1. The van der Waals surface area contributed by atoms with Crippen molar-refractivity contribution < 1.29 is 9.53 Å². The van der Waals surface area contributed by atoms with Gasteiger partial charge in [0.1, 0.15) is 0 Å². The van der Waals surface area contributed by atoms with Gasteiger partial charge in [0.25, 0.3) is 0 Å². The molecule has 1 saturated heterocycles. The lowest BCUT2D eigenvalue weighted by Crippen LogP contribution is -2.48. The standard InChI is InChI=1S/C11H19NO2/c1-14-11(13)9-6-8-4-2-3-5-10(8)12-7-9/h8-10,12H,2-7H2,1H3/t8-,9+,10+/m1/s1. The zero-order valence-electron chi connectivity index (χ0n) is 8.79. The summed E-state index contributed by atoms with van der Waals surface area (Å²) in [5, 5.41) is 3.49. The number of fused-ring (bicyclic) bond motifs is 1. The topological polar surface area (TPSA) is 38.3 Å². The van der Waals surface area contributed by atoms with E-state index < -0.39 is 0 Å². The van der Waals surface area contributed by atoms with Crippen LogP contribution in [0.4, 0.5) is 0 Å². The molecule has 2 aliphatic rings. The molecule has 80 valence electrons. The van der Waals surface area contributed by atoms with Crippen LogP contribution in [0.2, 0.25) is 0 Å². The fourth-order valence-electron chi connectivity index (χ4n) is 2.85. The summed E-state index contributed by atoms with van der Waals surface area (Å²) in [6.07, 6.45) is 6.28. The Bertz CT molecular complexity index is 217. The Morgan fingerprint density at radius 3 is 2.93 bits per heavy atom. The molecule has 2 rings (SSSR count). The van der Waals surface area contributed by atoms with E-state index in [0.29, 0.717) is 12.0 Å². The Morgan fingerprint density at radius 2 is 2.14 bits per heavy atom. The molecule has 2 fully saturated rings. The van der Waals surface area contributed by atoms with Gasteiger partial charge in [0.05, 0.1) is 13.0 Å². The number of hydrogen-bond donors (Lipinski definition) is 1. The lowest BCUT2D eigenvalue weighted by Gasteiger charge is -2.39. The summed E-state index contributed by atoms with van der Waals surface area (Å²) >= 11 is 0. The average molecular weight is 197 g/mol. The van der Waals surface area contributed by atoms with E-state index in [4.69, 9.17) is 4.74 Å². The summed E-state index contributed by atoms with van der Waals surface area (Å²) in [5.74, 6) is 0.766. The molecule has 0 aromatic carbocycles. The molecular weight excluding hydrogens is 178 g/mol. The first-order chi connectivity index (χ1) is 6.81. The molecule has 1 N–H and O–H groups in total. The number of carbonyl (C=O) groups excluding carboxylic acids is 1. The van der Waals surface area contributed by atoms with Crippen LogP contribution in [0.5, 0.6) is 0 Å². The zero-order chi connectivity index (χ0) is 9.97. The van der Waals surface area contributed by atoms with Crippen molar-refractivity contribution in [3.63, 3.8) is 0 Å². The molecule has 1 aliphatic carbocycles. The van der Waals surface area contributed by atoms with E-state index in [-0.39, 0.29) is 11.9 Å². The van der Waals surface area contributed by atoms with Crippen LogP contribution in [0.15, 0.2) is 0 Å². The van der Waals surface area contributed by atoms with Crippen LogP contribution < -0.4 is 5.32 Å². The Balaban J connectivity index is 1.92. The van der Waals surface area contributed by atoms with E-state index in [9.17, 15) is 4.79 Å². The molecule has 14 heavy (non-hydrogen) atoms. The van der Waals surface area contributed by atoms with Crippen molar-refractivity contribution in [3.05, 3.63) is 0 Å². The second kappa shape index (κ2) is 4.30. The average Bonchev–Trinajstić information content (AvgIpc) is 2.27. The number of hydrogen-bond acceptors (Lipinski definition) is 3. The molecule has 1 aliphatic heterocycles. The van der Waals surface area contributed by atoms with Gasteiger partial charge in [0.2, 0.25) is 0 Å². The molecule has 0 radical (unpaired) electrons. The predicted octanol–water partition coefficient (Wildman–Crippen LogP) is 1.33. The van der Waals surface area contributed by atoms with Gasteiger partial charge in [-0.15, -0.1) is 0 Å². The van der Waals surface area contributed by atoms with E-state index in [2.05, 4.69) is 5.32 Å². The molecule has 0 unspecified atom stereocenters. The van der Waals surface area contributed by atoms with Crippen molar-refractivity contribution in [1.29, 1.82) is 0 Å². The second-order valence-corrected chi connectivity index (χ2v) is 4.52. The van der Waals surface area contributed by atoms with E-state index in [1.54, 1.807) is 0 Å². The van der Waals surface area contributed by atoms with Crippen LogP contribution in [0.1, 0.15) is 32.1 Å². The highest BCUT2D eigenvalue weighted by atomic mass is 16.5. The van der Waals surface area contributed by atoms with E-state index in [1.165, 1.54) is 32.8 Å². The van der Waals surface area contributed by atoms with E-state index in [0.717, 1.165) is 13.0 Å². The highest BCUT2D eigenvalue weighted by Gasteiger charge is 2.34. The van der Waals surface area contributed by atoms with Crippen molar-refractivity contribution in [2.24, 2.45) is 11.8 Å². The summed E-state index contributed by atoms with van der Waals surface area (Å²) < 4.78 is 4.79. The maximum atomic E-state index is 11.4. The molecule has 0 spiro atoms. The molecule has 0 aromatic rings. The van der Waals surface area contributed by atoms with Gasteiger partial charge < -0.3 is 10.1 Å². The van der Waals surface area contributed by atoms with E-state index in [1.807, 2.05) is 0 Å². The summed E-state index contributed by atoms with van der Waals surface area (Å²) in [6, 6.07) is 0.671. The van der Waals surface area contributed by atoms with Crippen molar-refractivity contribution in [1.82, 2.24) is 5.32 Å². The van der Waals surface area contributed by atoms with Crippen LogP contribution in [-0.4, -0.2) is 25.7 Å². The first kappa shape index (κ1) is 9.97.